The molecule has 5 nitrogen and oxygen atoms in total. The lowest BCUT2D eigenvalue weighted by molar-refractivity contribution is -0.115. The van der Waals surface area contributed by atoms with E-state index in [0.717, 1.165) is 30.2 Å². The summed E-state index contributed by atoms with van der Waals surface area (Å²) in [6.07, 6.45) is 2.11. The van der Waals surface area contributed by atoms with Crippen LogP contribution in [0, 0.1) is 11.3 Å². The lowest BCUT2D eigenvalue weighted by Crippen LogP contribution is -2.17. The Morgan fingerprint density at radius 3 is 2.62 bits per heavy atom. The van der Waals surface area contributed by atoms with Crippen LogP contribution in [0.2, 0.25) is 0 Å². The van der Waals surface area contributed by atoms with E-state index >= 15 is 0 Å². The number of carbonyl (C=O) groups excluding carboxylic acids is 1. The maximum atomic E-state index is 10.6. The molecule has 1 fully saturated rings. The molecule has 0 saturated carbocycles. The molecule has 0 bridgehead atoms. The fraction of sp³-hybridized carbons (Fsp3) is 0.214. The van der Waals surface area contributed by atoms with Crippen LogP contribution >= 0.6 is 24.0 Å². The van der Waals surface area contributed by atoms with Crippen molar-refractivity contribution < 1.29 is 14.6 Å². The molecule has 2 rings (SSSR count). The summed E-state index contributed by atoms with van der Waals surface area (Å²) >= 11 is 5.67. The van der Waals surface area contributed by atoms with Crippen LogP contribution in [0.3, 0.4) is 0 Å². The molecule has 0 aromatic heterocycles. The molecule has 2 N–H and O–H groups in total. The molecule has 1 aliphatic rings. The summed E-state index contributed by atoms with van der Waals surface area (Å²) in [5.74, 6) is 0.544. The highest BCUT2D eigenvalue weighted by Gasteiger charge is 2.21. The molecule has 7 heteroatoms. The Morgan fingerprint density at radius 2 is 2.14 bits per heavy atom. The predicted octanol–water partition coefficient (Wildman–Crippen LogP) is 2.90. The lowest BCUT2D eigenvalue weighted by Gasteiger charge is -2.02. The third kappa shape index (κ3) is 6.79. The predicted molar refractivity (Wildman–Crippen MR) is 85.8 cm³/mol. The van der Waals surface area contributed by atoms with Crippen molar-refractivity contribution >= 4 is 34.2 Å². The second kappa shape index (κ2) is 9.80. The number of nitrogens with zero attached hydrogens (tertiary/aromatic N) is 1. The molecule has 1 aromatic rings. The van der Waals surface area contributed by atoms with Crippen LogP contribution in [0.1, 0.15) is 12.8 Å². The van der Waals surface area contributed by atoms with E-state index in [2.05, 4.69) is 23.6 Å². The Balaban J connectivity index is 0.000000219. The second-order valence-corrected chi connectivity index (χ2v) is 5.48. The van der Waals surface area contributed by atoms with E-state index in [4.69, 9.17) is 15.1 Å². The fourth-order valence-electron chi connectivity index (χ4n) is 1.27. The molecule has 0 aliphatic carbocycles. The Hall–Kier alpha value is -2.04. The third-order valence-electron chi connectivity index (χ3n) is 2.20. The van der Waals surface area contributed by atoms with Gasteiger partial charge in [-0.1, -0.05) is 42.2 Å². The van der Waals surface area contributed by atoms with Crippen LogP contribution in [0.25, 0.3) is 0 Å². The number of para-hydroxylation sites is 1. The van der Waals surface area contributed by atoms with Gasteiger partial charge in [0.05, 0.1) is 18.9 Å². The van der Waals surface area contributed by atoms with Crippen LogP contribution in [0.15, 0.2) is 41.5 Å². The highest BCUT2D eigenvalue weighted by atomic mass is 32.2. The highest BCUT2D eigenvalue weighted by molar-refractivity contribution is 8.26. The van der Waals surface area contributed by atoms with Gasteiger partial charge in [-0.05, 0) is 18.6 Å². The first-order valence-corrected chi connectivity index (χ1v) is 7.32. The van der Waals surface area contributed by atoms with Gasteiger partial charge in [-0.25, -0.2) is 0 Å². The van der Waals surface area contributed by atoms with Gasteiger partial charge in [-0.2, -0.15) is 5.26 Å². The molecule has 1 amide bonds. The molecule has 0 spiro atoms. The van der Waals surface area contributed by atoms with Crippen molar-refractivity contribution in [3.8, 4) is 11.8 Å². The summed E-state index contributed by atoms with van der Waals surface area (Å²) in [7, 11) is 0. The number of thiocarbonyl (C=S) groups is 1. The number of unbranched alkanes of at least 4 members (excludes halogenated alkanes) is 1. The summed E-state index contributed by atoms with van der Waals surface area (Å²) in [4.78, 5) is 10.8. The third-order valence-corrected chi connectivity index (χ3v) is 3.35. The number of ether oxygens (including phenoxy) is 1. The number of carbonyl (C=O) groups is 1. The molecule has 21 heavy (non-hydrogen) atoms. The minimum absolute atomic E-state index is 0.250. The van der Waals surface area contributed by atoms with Crippen molar-refractivity contribution in [2.24, 2.45) is 0 Å². The first kappa shape index (κ1) is 17.0. The molecule has 110 valence electrons. The van der Waals surface area contributed by atoms with Gasteiger partial charge < -0.3 is 15.2 Å². The number of aliphatic hydroxyl groups is 1. The molecule has 0 atom stereocenters. The van der Waals surface area contributed by atoms with Crippen LogP contribution in [0.4, 0.5) is 0 Å². The van der Waals surface area contributed by atoms with E-state index in [1.54, 1.807) is 0 Å². The second-order valence-electron chi connectivity index (χ2n) is 3.76. The largest absolute Gasteiger partial charge is 0.514 e. The number of benzene rings is 1. The van der Waals surface area contributed by atoms with Crippen molar-refractivity contribution in [3.63, 3.8) is 0 Å². The summed E-state index contributed by atoms with van der Waals surface area (Å²) in [5.41, 5.74) is 0. The first-order chi connectivity index (χ1) is 10.2. The number of hydrogen-bond donors (Lipinski definition) is 2. The number of nitrogens with one attached hydrogen (secondary N) is 1. The van der Waals surface area contributed by atoms with Crippen molar-refractivity contribution in [3.05, 3.63) is 41.5 Å². The molecular formula is C14H14N2O3S2. The van der Waals surface area contributed by atoms with Gasteiger partial charge in [0, 0.05) is 6.42 Å². The highest BCUT2D eigenvalue weighted by Crippen LogP contribution is 2.21. The summed E-state index contributed by atoms with van der Waals surface area (Å²) < 4.78 is 5.75. The topological polar surface area (TPSA) is 82.3 Å². The Labute approximate surface area is 132 Å². The summed E-state index contributed by atoms with van der Waals surface area (Å²) in [6.45, 7) is 0.623. The van der Waals surface area contributed by atoms with Crippen molar-refractivity contribution in [1.29, 1.82) is 5.26 Å². The molecular weight excluding hydrogens is 308 g/mol. The molecule has 1 saturated heterocycles. The van der Waals surface area contributed by atoms with Gasteiger partial charge in [0.25, 0.3) is 5.91 Å². The Kier molecular flexibility index (Phi) is 7.94. The number of nitriles is 1. The molecule has 1 aromatic carbocycles. The van der Waals surface area contributed by atoms with Gasteiger partial charge in [0.2, 0.25) is 0 Å². The van der Waals surface area contributed by atoms with Gasteiger partial charge in [0.1, 0.15) is 15.0 Å². The number of hydrogen-bond acceptors (Lipinski definition) is 6. The normalized spacial score (nSPS) is 14.9. The van der Waals surface area contributed by atoms with Crippen molar-refractivity contribution in [2.45, 2.75) is 12.8 Å². The lowest BCUT2D eigenvalue weighted by atomic mass is 10.3. The Bertz CT molecular complexity index is 553. The van der Waals surface area contributed by atoms with E-state index in [1.807, 2.05) is 30.3 Å². The summed E-state index contributed by atoms with van der Waals surface area (Å²) in [6, 6.07) is 11.7. The number of amides is 1. The standard InChI is InChI=1S/C10H11NO.C4H3NO2S2/c11-8-4-5-9-12-10-6-2-1-3-7-10;6-1-2-3(7)5-4(8)9-2/h1-3,6-7H,4-5,9H2;1,6H,(H,5,7,8). The minimum Gasteiger partial charge on any atom is -0.514 e. The van der Waals surface area contributed by atoms with Crippen molar-refractivity contribution in [1.82, 2.24) is 5.32 Å². The number of aliphatic hydroxyl groups excluding tert-OH is 1. The molecule has 1 heterocycles. The van der Waals surface area contributed by atoms with Gasteiger partial charge in [-0.3, -0.25) is 4.79 Å². The minimum atomic E-state index is -0.326. The monoisotopic (exact) mass is 322 g/mol. The quantitative estimate of drug-likeness (QED) is 0.384. The maximum Gasteiger partial charge on any atom is 0.266 e. The van der Waals surface area contributed by atoms with Crippen molar-refractivity contribution in [2.75, 3.05) is 6.61 Å². The zero-order valence-electron chi connectivity index (χ0n) is 11.1. The average Bonchev–Trinajstić information content (AvgIpc) is 2.83. The number of rotatable bonds is 4. The molecule has 0 unspecified atom stereocenters. The van der Waals surface area contributed by atoms with E-state index in [1.165, 1.54) is 0 Å². The van der Waals surface area contributed by atoms with Crippen LogP contribution in [-0.4, -0.2) is 21.9 Å². The molecule has 1 aliphatic heterocycles. The van der Waals surface area contributed by atoms with Gasteiger partial charge >= 0.3 is 0 Å². The van der Waals surface area contributed by atoms with E-state index in [-0.39, 0.29) is 10.8 Å². The van der Waals surface area contributed by atoms with Gasteiger partial charge in [-0.15, -0.1) is 0 Å². The number of thioether (sulfide) groups is 1. The first-order valence-electron chi connectivity index (χ1n) is 6.09. The van der Waals surface area contributed by atoms with Crippen LogP contribution in [0.5, 0.6) is 5.75 Å². The maximum absolute atomic E-state index is 10.6. The molecule has 0 radical (unpaired) electrons. The zero-order chi connectivity index (χ0) is 15.5. The van der Waals surface area contributed by atoms with Gasteiger partial charge in [0.15, 0.2) is 0 Å². The smallest absolute Gasteiger partial charge is 0.266 e. The fourth-order valence-corrected chi connectivity index (χ4v) is 2.17. The summed E-state index contributed by atoms with van der Waals surface area (Å²) in [5, 5.41) is 19.0. The van der Waals surface area contributed by atoms with Crippen LogP contribution in [-0.2, 0) is 4.79 Å². The van der Waals surface area contributed by atoms with E-state index < -0.39 is 0 Å². The Morgan fingerprint density at radius 1 is 1.43 bits per heavy atom. The SMILES string of the molecule is N#CCCCOc1ccccc1.O=C1NC(=S)SC1=CO. The zero-order valence-corrected chi connectivity index (χ0v) is 12.7. The van der Waals surface area contributed by atoms with E-state index in [0.29, 0.717) is 17.3 Å². The van der Waals surface area contributed by atoms with E-state index in [9.17, 15) is 4.79 Å². The average molecular weight is 322 g/mol. The van der Waals surface area contributed by atoms with Crippen LogP contribution < -0.4 is 10.1 Å².